The summed E-state index contributed by atoms with van der Waals surface area (Å²) >= 11 is 0. The van der Waals surface area contributed by atoms with Gasteiger partial charge in [0.1, 0.15) is 0 Å². The smallest absolute Gasteiger partial charge is 0.0924 e. The minimum absolute atomic E-state index is 0.490. The Morgan fingerprint density at radius 3 is 2.53 bits per heavy atom. The predicted molar refractivity (Wildman–Crippen MR) is 70.9 cm³/mol. The molecule has 0 radical (unpaired) electrons. The molecule has 0 bridgehead atoms. The van der Waals surface area contributed by atoms with Crippen molar-refractivity contribution in [3.63, 3.8) is 0 Å². The lowest BCUT2D eigenvalue weighted by atomic mass is 10.1. The van der Waals surface area contributed by atoms with Gasteiger partial charge in [0.05, 0.1) is 5.69 Å². The molecule has 0 saturated heterocycles. The van der Waals surface area contributed by atoms with Gasteiger partial charge in [-0.2, -0.15) is 5.10 Å². The lowest BCUT2D eigenvalue weighted by molar-refractivity contribution is 0.948. The van der Waals surface area contributed by atoms with E-state index in [1.807, 2.05) is 6.07 Å². The molecule has 0 amide bonds. The average molecular weight is 230 g/mol. The number of aromatic nitrogens is 2. The summed E-state index contributed by atoms with van der Waals surface area (Å²) in [5, 5.41) is 7.15. The van der Waals surface area contributed by atoms with Crippen molar-refractivity contribution < 1.29 is 0 Å². The molecule has 17 heavy (non-hydrogen) atoms. The number of H-pyrrole nitrogens is 1. The molecule has 3 N–H and O–H groups in total. The van der Waals surface area contributed by atoms with Crippen LogP contribution in [0.3, 0.4) is 0 Å². The van der Waals surface area contributed by atoms with Crippen molar-refractivity contribution in [3.8, 4) is 11.3 Å². The Labute approximate surface area is 101 Å². The summed E-state index contributed by atoms with van der Waals surface area (Å²) in [6, 6.07) is 10.4. The summed E-state index contributed by atoms with van der Waals surface area (Å²) in [7, 11) is 2.08. The third kappa shape index (κ3) is 2.47. The third-order valence-corrected chi connectivity index (χ3v) is 2.93. The van der Waals surface area contributed by atoms with E-state index in [-0.39, 0.29) is 0 Å². The number of rotatable bonds is 4. The number of hydrogen-bond acceptors (Lipinski definition) is 3. The summed E-state index contributed by atoms with van der Waals surface area (Å²) in [4.78, 5) is 2.19. The van der Waals surface area contributed by atoms with Gasteiger partial charge < -0.3 is 10.6 Å². The molecule has 0 spiro atoms. The van der Waals surface area contributed by atoms with Gasteiger partial charge in [-0.05, 0) is 25.1 Å². The van der Waals surface area contributed by atoms with E-state index >= 15 is 0 Å². The van der Waals surface area contributed by atoms with E-state index in [0.29, 0.717) is 6.54 Å². The second-order valence-electron chi connectivity index (χ2n) is 4.04. The van der Waals surface area contributed by atoms with Crippen LogP contribution in [0.4, 0.5) is 5.69 Å². The summed E-state index contributed by atoms with van der Waals surface area (Å²) < 4.78 is 0. The van der Waals surface area contributed by atoms with Gasteiger partial charge in [-0.25, -0.2) is 0 Å². The molecular weight excluding hydrogens is 212 g/mol. The van der Waals surface area contributed by atoms with Gasteiger partial charge in [0, 0.05) is 37.1 Å². The first-order valence-electron chi connectivity index (χ1n) is 5.80. The normalized spacial score (nSPS) is 10.5. The van der Waals surface area contributed by atoms with Gasteiger partial charge in [-0.3, -0.25) is 5.10 Å². The van der Waals surface area contributed by atoms with E-state index in [9.17, 15) is 0 Å². The first-order chi connectivity index (χ1) is 8.24. The van der Waals surface area contributed by atoms with Crippen LogP contribution in [-0.2, 0) is 6.54 Å². The lowest BCUT2D eigenvalue weighted by Gasteiger charge is -2.16. The number of nitrogens with one attached hydrogen (secondary N) is 1. The molecule has 90 valence electrons. The Bertz CT molecular complexity index is 472. The van der Waals surface area contributed by atoms with Gasteiger partial charge in [0.25, 0.3) is 0 Å². The van der Waals surface area contributed by atoms with Gasteiger partial charge in [-0.1, -0.05) is 12.1 Å². The van der Waals surface area contributed by atoms with Crippen LogP contribution in [0.1, 0.15) is 12.6 Å². The van der Waals surface area contributed by atoms with Crippen molar-refractivity contribution in [2.24, 2.45) is 5.73 Å². The summed E-state index contributed by atoms with van der Waals surface area (Å²) in [5.74, 6) is 0. The van der Waals surface area contributed by atoms with Crippen molar-refractivity contribution in [2.75, 3.05) is 18.5 Å². The molecule has 0 fully saturated rings. The van der Waals surface area contributed by atoms with Crippen molar-refractivity contribution >= 4 is 5.69 Å². The van der Waals surface area contributed by atoms with Gasteiger partial charge >= 0.3 is 0 Å². The summed E-state index contributed by atoms with van der Waals surface area (Å²) in [5.41, 5.74) is 9.76. The zero-order chi connectivity index (χ0) is 12.3. The zero-order valence-electron chi connectivity index (χ0n) is 10.3. The second kappa shape index (κ2) is 5.01. The van der Waals surface area contributed by atoms with Crippen LogP contribution in [0.15, 0.2) is 30.3 Å². The fraction of sp³-hybridized carbons (Fsp3) is 0.308. The van der Waals surface area contributed by atoms with Crippen LogP contribution in [0.5, 0.6) is 0 Å². The molecule has 0 saturated carbocycles. The largest absolute Gasteiger partial charge is 0.375 e. The van der Waals surface area contributed by atoms with E-state index in [4.69, 9.17) is 5.73 Å². The van der Waals surface area contributed by atoms with Crippen LogP contribution >= 0.6 is 0 Å². The second-order valence-corrected chi connectivity index (χ2v) is 4.04. The maximum absolute atomic E-state index is 5.55. The van der Waals surface area contributed by atoms with E-state index in [1.165, 1.54) is 5.69 Å². The van der Waals surface area contributed by atoms with E-state index in [1.54, 1.807) is 0 Å². The first kappa shape index (κ1) is 11.7. The fourth-order valence-electron chi connectivity index (χ4n) is 1.68. The molecule has 4 heteroatoms. The Kier molecular flexibility index (Phi) is 3.44. The van der Waals surface area contributed by atoms with Crippen molar-refractivity contribution in [1.82, 2.24) is 10.2 Å². The maximum atomic E-state index is 5.55. The fourth-order valence-corrected chi connectivity index (χ4v) is 1.68. The molecule has 2 rings (SSSR count). The number of hydrogen-bond donors (Lipinski definition) is 2. The Balaban J connectivity index is 2.22. The molecule has 1 aromatic heterocycles. The third-order valence-electron chi connectivity index (χ3n) is 2.93. The molecule has 1 aromatic carbocycles. The van der Waals surface area contributed by atoms with E-state index in [0.717, 1.165) is 23.5 Å². The van der Waals surface area contributed by atoms with Crippen molar-refractivity contribution in [1.29, 1.82) is 0 Å². The Morgan fingerprint density at radius 1 is 1.29 bits per heavy atom. The summed E-state index contributed by atoms with van der Waals surface area (Å²) in [6.45, 7) is 3.62. The first-order valence-corrected chi connectivity index (χ1v) is 5.80. The maximum Gasteiger partial charge on any atom is 0.0924 e. The van der Waals surface area contributed by atoms with E-state index in [2.05, 4.69) is 53.3 Å². The monoisotopic (exact) mass is 230 g/mol. The zero-order valence-corrected chi connectivity index (χ0v) is 10.3. The van der Waals surface area contributed by atoms with Gasteiger partial charge in [0.2, 0.25) is 0 Å². The van der Waals surface area contributed by atoms with Gasteiger partial charge in [-0.15, -0.1) is 0 Å². The highest BCUT2D eigenvalue weighted by atomic mass is 15.1. The van der Waals surface area contributed by atoms with Crippen LogP contribution in [0, 0.1) is 0 Å². The molecule has 0 aliphatic carbocycles. The van der Waals surface area contributed by atoms with Crippen LogP contribution in [0.2, 0.25) is 0 Å². The molecule has 2 aromatic rings. The standard InChI is InChI=1S/C13H18N4/c1-3-17(2)12-6-4-10(5-7-12)13-8-11(9-14)15-16-13/h4-8H,3,9,14H2,1-2H3,(H,15,16). The van der Waals surface area contributed by atoms with E-state index < -0.39 is 0 Å². The number of nitrogens with two attached hydrogens (primary N) is 1. The van der Waals surface area contributed by atoms with Crippen LogP contribution < -0.4 is 10.6 Å². The minimum atomic E-state index is 0.490. The minimum Gasteiger partial charge on any atom is -0.375 e. The van der Waals surface area contributed by atoms with Crippen LogP contribution in [0.25, 0.3) is 11.3 Å². The molecule has 1 heterocycles. The lowest BCUT2D eigenvalue weighted by Crippen LogP contribution is -2.15. The highest BCUT2D eigenvalue weighted by molar-refractivity contribution is 5.63. The molecule has 0 aliphatic rings. The topological polar surface area (TPSA) is 57.9 Å². The van der Waals surface area contributed by atoms with Crippen LogP contribution in [-0.4, -0.2) is 23.8 Å². The average Bonchev–Trinajstić information content (AvgIpc) is 2.87. The quantitative estimate of drug-likeness (QED) is 0.844. The molecular formula is C13H18N4. The molecule has 0 aliphatic heterocycles. The Morgan fingerprint density at radius 2 is 2.00 bits per heavy atom. The highest BCUT2D eigenvalue weighted by Crippen LogP contribution is 2.21. The van der Waals surface area contributed by atoms with Crippen molar-refractivity contribution in [2.45, 2.75) is 13.5 Å². The molecule has 0 unspecified atom stereocenters. The number of nitrogens with zero attached hydrogens (tertiary/aromatic N) is 2. The number of anilines is 1. The van der Waals surface area contributed by atoms with Gasteiger partial charge in [0.15, 0.2) is 0 Å². The number of benzene rings is 1. The molecule has 4 nitrogen and oxygen atoms in total. The van der Waals surface area contributed by atoms with Crippen molar-refractivity contribution in [3.05, 3.63) is 36.0 Å². The highest BCUT2D eigenvalue weighted by Gasteiger charge is 2.04. The Hall–Kier alpha value is -1.81. The number of aromatic amines is 1. The predicted octanol–water partition coefficient (Wildman–Crippen LogP) is 1.99. The SMILES string of the molecule is CCN(C)c1ccc(-c2cc(CN)[nH]n2)cc1. The molecule has 0 atom stereocenters. The summed E-state index contributed by atoms with van der Waals surface area (Å²) in [6.07, 6.45) is 0.